The average Bonchev–Trinajstić information content (AvgIpc) is 2.51. The molecule has 27 heavy (non-hydrogen) atoms. The molecule has 6 nitrogen and oxygen atoms in total. The van der Waals surface area contributed by atoms with Crippen molar-refractivity contribution in [2.75, 3.05) is 60.9 Å². The van der Waals surface area contributed by atoms with E-state index in [2.05, 4.69) is 41.9 Å². The highest BCUT2D eigenvalue weighted by molar-refractivity contribution is 5.85. The lowest BCUT2D eigenvalue weighted by Crippen LogP contribution is -3.00. The Hall–Kier alpha value is -1.34. The van der Waals surface area contributed by atoms with Crippen LogP contribution in [0.5, 0.6) is 0 Å². The molecule has 1 atom stereocenters. The molecule has 0 spiro atoms. The number of nitrogens with one attached hydrogen (secondary N) is 2. The lowest BCUT2D eigenvalue weighted by atomic mass is 9.98. The average molecular weight is 419 g/mol. The predicted molar refractivity (Wildman–Crippen MR) is 98.7 cm³/mol. The van der Waals surface area contributed by atoms with Crippen molar-refractivity contribution in [1.82, 2.24) is 10.6 Å². The van der Waals surface area contributed by atoms with Crippen LogP contribution in [0.4, 0.5) is 0 Å². The lowest BCUT2D eigenvalue weighted by Gasteiger charge is -2.38. The molecule has 0 aliphatic carbocycles. The van der Waals surface area contributed by atoms with Crippen LogP contribution < -0.4 is 35.4 Å². The zero-order valence-corrected chi connectivity index (χ0v) is 18.2. The first-order chi connectivity index (χ1) is 11.7. The van der Waals surface area contributed by atoms with E-state index in [4.69, 9.17) is 0 Å². The second-order valence-electron chi connectivity index (χ2n) is 8.32. The first kappa shape index (κ1) is 25.7. The summed E-state index contributed by atoms with van der Waals surface area (Å²) in [6.07, 6.45) is 1.09. The van der Waals surface area contributed by atoms with Gasteiger partial charge in [-0.2, -0.15) is 0 Å². The highest BCUT2D eigenvalue weighted by Crippen LogP contribution is 2.22. The molecule has 0 bridgehead atoms. The van der Waals surface area contributed by atoms with Gasteiger partial charge in [0, 0.05) is 12.0 Å². The molecule has 1 unspecified atom stereocenters. The van der Waals surface area contributed by atoms with Gasteiger partial charge in [-0.15, -0.1) is 0 Å². The van der Waals surface area contributed by atoms with Crippen molar-refractivity contribution in [2.24, 2.45) is 0 Å². The van der Waals surface area contributed by atoms with Crippen LogP contribution in [-0.2, 0) is 22.6 Å². The van der Waals surface area contributed by atoms with Crippen LogP contribution in [0.25, 0.3) is 0 Å². The summed E-state index contributed by atoms with van der Waals surface area (Å²) in [5.74, 6) is -0.229. The SMILES string of the molecule is C[N+](C)(C)CC(=O)NCC(=O)NCC[N+]1(C)CCc2ccccc2C1.[Cl-].[Cl-]. The van der Waals surface area contributed by atoms with E-state index in [0.717, 1.165) is 30.5 Å². The number of hydrogen-bond acceptors (Lipinski definition) is 2. The molecule has 0 radical (unpaired) electrons. The van der Waals surface area contributed by atoms with Crippen molar-refractivity contribution < 1.29 is 43.4 Å². The molecule has 1 aliphatic rings. The number of hydrogen-bond donors (Lipinski definition) is 2. The second kappa shape index (κ2) is 10.9. The molecular formula is C19H32Cl2N4O2. The number of benzene rings is 1. The number of rotatable bonds is 7. The number of fused-ring (bicyclic) bond motifs is 1. The monoisotopic (exact) mass is 418 g/mol. The van der Waals surface area contributed by atoms with E-state index in [1.807, 2.05) is 21.1 Å². The number of quaternary nitrogens is 2. The summed E-state index contributed by atoms with van der Waals surface area (Å²) in [5, 5.41) is 5.60. The Kier molecular flexibility index (Phi) is 10.3. The van der Waals surface area contributed by atoms with Gasteiger partial charge in [0.2, 0.25) is 5.91 Å². The maximum absolute atomic E-state index is 11.9. The van der Waals surface area contributed by atoms with Crippen LogP contribution in [-0.4, -0.2) is 81.7 Å². The zero-order chi connectivity index (χ0) is 18.5. The van der Waals surface area contributed by atoms with Crippen molar-refractivity contribution in [1.29, 1.82) is 0 Å². The summed E-state index contributed by atoms with van der Waals surface area (Å²) in [7, 11) is 8.08. The third kappa shape index (κ3) is 8.93. The van der Waals surface area contributed by atoms with Gasteiger partial charge in [0.05, 0.1) is 54.4 Å². The fourth-order valence-electron chi connectivity index (χ4n) is 3.22. The van der Waals surface area contributed by atoms with E-state index in [1.54, 1.807) is 0 Å². The van der Waals surface area contributed by atoms with Gasteiger partial charge in [0.25, 0.3) is 5.91 Å². The first-order valence-electron chi connectivity index (χ1n) is 8.91. The van der Waals surface area contributed by atoms with Crippen LogP contribution >= 0.6 is 0 Å². The Morgan fingerprint density at radius 3 is 2.30 bits per heavy atom. The maximum Gasteiger partial charge on any atom is 0.275 e. The Labute approximate surface area is 175 Å². The van der Waals surface area contributed by atoms with Crippen molar-refractivity contribution in [3.05, 3.63) is 35.4 Å². The highest BCUT2D eigenvalue weighted by Gasteiger charge is 2.27. The van der Waals surface area contributed by atoms with Crippen LogP contribution in [0.2, 0.25) is 0 Å². The highest BCUT2D eigenvalue weighted by atomic mass is 35.5. The van der Waals surface area contributed by atoms with Crippen molar-refractivity contribution >= 4 is 11.8 Å². The number of halogens is 2. The molecule has 0 aromatic heterocycles. The maximum atomic E-state index is 11.9. The molecule has 2 rings (SSSR count). The van der Waals surface area contributed by atoms with Crippen LogP contribution in [0, 0.1) is 0 Å². The van der Waals surface area contributed by atoms with Crippen LogP contribution in [0.1, 0.15) is 11.1 Å². The van der Waals surface area contributed by atoms with E-state index in [9.17, 15) is 9.59 Å². The fourth-order valence-corrected chi connectivity index (χ4v) is 3.22. The van der Waals surface area contributed by atoms with Crippen molar-refractivity contribution in [3.63, 3.8) is 0 Å². The molecule has 0 fully saturated rings. The van der Waals surface area contributed by atoms with Gasteiger partial charge >= 0.3 is 0 Å². The Bertz CT molecular complexity index is 634. The molecule has 1 aliphatic heterocycles. The number of amides is 2. The smallest absolute Gasteiger partial charge is 0.275 e. The van der Waals surface area contributed by atoms with Gasteiger partial charge in [-0.05, 0) is 5.56 Å². The summed E-state index contributed by atoms with van der Waals surface area (Å²) in [4.78, 5) is 23.7. The largest absolute Gasteiger partial charge is 1.00 e. The molecule has 1 aromatic rings. The van der Waals surface area contributed by atoms with E-state index >= 15 is 0 Å². The molecule has 0 saturated heterocycles. The third-order valence-corrected chi connectivity index (χ3v) is 4.63. The van der Waals surface area contributed by atoms with E-state index < -0.39 is 0 Å². The number of carbonyl (C=O) groups is 2. The van der Waals surface area contributed by atoms with E-state index in [1.165, 1.54) is 11.1 Å². The van der Waals surface area contributed by atoms with Crippen molar-refractivity contribution in [3.8, 4) is 0 Å². The van der Waals surface area contributed by atoms with Gasteiger partial charge in [-0.25, -0.2) is 0 Å². The molecule has 0 saturated carbocycles. The van der Waals surface area contributed by atoms with Gasteiger partial charge < -0.3 is 44.4 Å². The third-order valence-electron chi connectivity index (χ3n) is 4.63. The Balaban J connectivity index is 0.00000338. The summed E-state index contributed by atoms with van der Waals surface area (Å²) in [5.41, 5.74) is 2.86. The molecular weight excluding hydrogens is 387 g/mol. The summed E-state index contributed by atoms with van der Waals surface area (Å²) < 4.78 is 1.48. The number of carbonyl (C=O) groups excluding carboxylic acids is 2. The molecule has 1 aromatic carbocycles. The predicted octanol–water partition coefficient (Wildman–Crippen LogP) is -5.86. The van der Waals surface area contributed by atoms with Gasteiger partial charge in [-0.1, -0.05) is 24.3 Å². The van der Waals surface area contributed by atoms with Crippen LogP contribution in [0.3, 0.4) is 0 Å². The minimum atomic E-state index is -0.126. The Morgan fingerprint density at radius 2 is 1.67 bits per heavy atom. The zero-order valence-electron chi connectivity index (χ0n) is 16.7. The van der Waals surface area contributed by atoms with Crippen LogP contribution in [0.15, 0.2) is 24.3 Å². The standard InChI is InChI=1S/C19H30N4O2.2ClH/c1-22(2,3)15-19(25)21-13-18(24)20-10-12-23(4)11-9-16-7-5-6-8-17(16)14-23;;/h5-8H,9-15H2,1-4H3;2*1H. The molecule has 2 amide bonds. The molecule has 1 heterocycles. The summed E-state index contributed by atoms with van der Waals surface area (Å²) in [6, 6.07) is 8.60. The van der Waals surface area contributed by atoms with Gasteiger partial charge in [0.1, 0.15) is 6.54 Å². The Morgan fingerprint density at radius 1 is 1.04 bits per heavy atom. The van der Waals surface area contributed by atoms with Crippen molar-refractivity contribution in [2.45, 2.75) is 13.0 Å². The minimum Gasteiger partial charge on any atom is -1.00 e. The first-order valence-corrected chi connectivity index (χ1v) is 8.91. The quantitative estimate of drug-likeness (QED) is 0.433. The molecule has 8 heteroatoms. The summed E-state index contributed by atoms with van der Waals surface area (Å²) in [6.45, 7) is 4.03. The molecule has 154 valence electrons. The summed E-state index contributed by atoms with van der Waals surface area (Å²) >= 11 is 0. The minimum absolute atomic E-state index is 0. The van der Waals surface area contributed by atoms with Gasteiger partial charge in [0.15, 0.2) is 6.54 Å². The van der Waals surface area contributed by atoms with Gasteiger partial charge in [-0.3, -0.25) is 9.59 Å². The second-order valence-corrected chi connectivity index (χ2v) is 8.32. The topological polar surface area (TPSA) is 58.2 Å². The lowest BCUT2D eigenvalue weighted by molar-refractivity contribution is -0.923. The van der Waals surface area contributed by atoms with E-state index in [0.29, 0.717) is 17.6 Å². The fraction of sp³-hybridized carbons (Fsp3) is 0.579. The number of likely N-dealkylation sites (N-methyl/N-ethyl adjacent to an activating group) is 2. The number of nitrogens with zero attached hydrogens (tertiary/aromatic N) is 2. The van der Waals surface area contributed by atoms with E-state index in [-0.39, 0.29) is 43.2 Å². The normalized spacial score (nSPS) is 18.4. The molecule has 2 N–H and O–H groups in total.